The van der Waals surface area contributed by atoms with Gasteiger partial charge in [0.25, 0.3) is 0 Å². The second-order valence-corrected chi connectivity index (χ2v) is 6.04. The van der Waals surface area contributed by atoms with Crippen molar-refractivity contribution in [2.45, 2.75) is 44.2 Å². The molecule has 3 N–H and O–H groups in total. The predicted molar refractivity (Wildman–Crippen MR) is 78.9 cm³/mol. The highest BCUT2D eigenvalue weighted by molar-refractivity contribution is 6.30. The van der Waals surface area contributed by atoms with E-state index in [9.17, 15) is 0 Å². The number of rotatable bonds is 4. The second kappa shape index (κ2) is 6.23. The summed E-state index contributed by atoms with van der Waals surface area (Å²) in [6.45, 7) is 2.30. The third-order valence-corrected chi connectivity index (χ3v) is 4.68. The molecule has 4 heteroatoms. The first kappa shape index (κ1) is 14.8. The van der Waals surface area contributed by atoms with E-state index in [0.717, 1.165) is 29.3 Å². The van der Waals surface area contributed by atoms with Crippen LogP contribution in [0.15, 0.2) is 24.3 Å². The number of nitrogens with one attached hydrogen (secondary N) is 1. The molecule has 1 aliphatic carbocycles. The Labute approximate surface area is 120 Å². The molecule has 0 bridgehead atoms. The number of benzene rings is 1. The molecule has 106 valence electrons. The minimum atomic E-state index is -0.213. The van der Waals surface area contributed by atoms with Crippen LogP contribution in [-0.2, 0) is 4.74 Å². The van der Waals surface area contributed by atoms with Crippen LogP contribution in [0.4, 0.5) is 0 Å². The van der Waals surface area contributed by atoms with Crippen molar-refractivity contribution in [1.29, 1.82) is 0 Å². The van der Waals surface area contributed by atoms with Gasteiger partial charge >= 0.3 is 0 Å². The highest BCUT2D eigenvalue weighted by Crippen LogP contribution is 2.42. The van der Waals surface area contributed by atoms with Gasteiger partial charge in [-0.25, -0.2) is 0 Å². The van der Waals surface area contributed by atoms with Crippen LogP contribution in [0.3, 0.4) is 0 Å². The summed E-state index contributed by atoms with van der Waals surface area (Å²) in [6, 6.07) is 7.84. The number of halogens is 1. The molecule has 0 heterocycles. The number of hydrogen-bond donors (Lipinski definition) is 2. The summed E-state index contributed by atoms with van der Waals surface area (Å²) in [5, 5.41) is 0.739. The average Bonchev–Trinajstić information content (AvgIpc) is 2.44. The first-order valence-electron chi connectivity index (χ1n) is 6.88. The highest BCUT2D eigenvalue weighted by Gasteiger charge is 2.41. The van der Waals surface area contributed by atoms with Crippen LogP contribution >= 0.6 is 11.6 Å². The Morgan fingerprint density at radius 2 is 1.89 bits per heavy atom. The van der Waals surface area contributed by atoms with Crippen LogP contribution < -0.4 is 11.3 Å². The van der Waals surface area contributed by atoms with Crippen molar-refractivity contribution in [3.8, 4) is 0 Å². The summed E-state index contributed by atoms with van der Waals surface area (Å²) in [5.74, 6) is 6.58. The minimum Gasteiger partial charge on any atom is -0.376 e. The summed E-state index contributed by atoms with van der Waals surface area (Å²) in [6.07, 6.45) is 4.42. The van der Waals surface area contributed by atoms with Crippen molar-refractivity contribution in [2.24, 2.45) is 11.8 Å². The fourth-order valence-electron chi connectivity index (χ4n) is 3.07. The van der Waals surface area contributed by atoms with E-state index in [4.69, 9.17) is 22.2 Å². The van der Waals surface area contributed by atoms with E-state index in [0.29, 0.717) is 0 Å². The lowest BCUT2D eigenvalue weighted by atomic mass is 9.73. The van der Waals surface area contributed by atoms with Crippen LogP contribution in [-0.4, -0.2) is 12.7 Å². The molecule has 1 aromatic carbocycles. The summed E-state index contributed by atoms with van der Waals surface area (Å²) in [5.41, 5.74) is 3.86. The van der Waals surface area contributed by atoms with Crippen LogP contribution in [0, 0.1) is 5.92 Å². The molecule has 0 radical (unpaired) electrons. The van der Waals surface area contributed by atoms with Crippen molar-refractivity contribution in [2.75, 3.05) is 7.11 Å². The Morgan fingerprint density at radius 3 is 2.37 bits per heavy atom. The molecule has 0 spiro atoms. The molecule has 1 aromatic rings. The van der Waals surface area contributed by atoms with Gasteiger partial charge in [-0.2, -0.15) is 0 Å². The molecular formula is C15H23ClN2O. The third kappa shape index (κ3) is 3.11. The maximum absolute atomic E-state index is 5.95. The van der Waals surface area contributed by atoms with E-state index in [1.165, 1.54) is 12.8 Å². The number of ether oxygens (including phenoxy) is 1. The molecular weight excluding hydrogens is 260 g/mol. The zero-order valence-electron chi connectivity index (χ0n) is 11.7. The molecule has 0 aliphatic heterocycles. The van der Waals surface area contributed by atoms with E-state index in [-0.39, 0.29) is 11.6 Å². The molecule has 1 unspecified atom stereocenters. The molecule has 19 heavy (non-hydrogen) atoms. The van der Waals surface area contributed by atoms with Gasteiger partial charge in [-0.3, -0.25) is 11.3 Å². The van der Waals surface area contributed by atoms with Crippen molar-refractivity contribution >= 4 is 11.6 Å². The van der Waals surface area contributed by atoms with Gasteiger partial charge in [0.05, 0.1) is 11.6 Å². The average molecular weight is 283 g/mol. The number of hydrazine groups is 1. The first-order valence-corrected chi connectivity index (χ1v) is 7.26. The maximum Gasteiger partial charge on any atom is 0.0885 e. The molecule has 1 saturated carbocycles. The number of methoxy groups -OCH3 is 1. The minimum absolute atomic E-state index is 0.00210. The quantitative estimate of drug-likeness (QED) is 0.657. The Morgan fingerprint density at radius 1 is 1.32 bits per heavy atom. The molecule has 0 aromatic heterocycles. The van der Waals surface area contributed by atoms with E-state index in [2.05, 4.69) is 12.3 Å². The molecule has 0 saturated heterocycles. The Bertz CT molecular complexity index is 399. The zero-order valence-corrected chi connectivity index (χ0v) is 12.4. The van der Waals surface area contributed by atoms with Gasteiger partial charge < -0.3 is 4.74 Å². The van der Waals surface area contributed by atoms with Crippen molar-refractivity contribution in [3.05, 3.63) is 34.9 Å². The Balaban J connectivity index is 2.25. The summed E-state index contributed by atoms with van der Waals surface area (Å²) < 4.78 is 5.89. The summed E-state index contributed by atoms with van der Waals surface area (Å²) in [4.78, 5) is 0. The monoisotopic (exact) mass is 282 g/mol. The zero-order chi connectivity index (χ0) is 13.9. The molecule has 1 fully saturated rings. The third-order valence-electron chi connectivity index (χ3n) is 4.42. The van der Waals surface area contributed by atoms with Crippen molar-refractivity contribution in [3.63, 3.8) is 0 Å². The van der Waals surface area contributed by atoms with E-state index in [1.807, 2.05) is 24.3 Å². The van der Waals surface area contributed by atoms with Crippen molar-refractivity contribution < 1.29 is 4.74 Å². The molecule has 3 nitrogen and oxygen atoms in total. The normalized spacial score (nSPS) is 29.2. The van der Waals surface area contributed by atoms with E-state index < -0.39 is 0 Å². The number of hydrogen-bond acceptors (Lipinski definition) is 3. The molecule has 1 atom stereocenters. The van der Waals surface area contributed by atoms with E-state index in [1.54, 1.807) is 7.11 Å². The van der Waals surface area contributed by atoms with Crippen LogP contribution in [0.5, 0.6) is 0 Å². The van der Waals surface area contributed by atoms with Crippen LogP contribution in [0.1, 0.15) is 44.2 Å². The topological polar surface area (TPSA) is 47.3 Å². The highest BCUT2D eigenvalue weighted by atomic mass is 35.5. The van der Waals surface area contributed by atoms with Gasteiger partial charge in [0, 0.05) is 12.1 Å². The maximum atomic E-state index is 5.95. The van der Waals surface area contributed by atoms with Gasteiger partial charge in [0.2, 0.25) is 0 Å². The largest absolute Gasteiger partial charge is 0.376 e. The predicted octanol–water partition coefficient (Wildman–Crippen LogP) is 3.44. The fourth-order valence-corrected chi connectivity index (χ4v) is 3.19. The lowest BCUT2D eigenvalue weighted by Gasteiger charge is -2.44. The molecule has 2 rings (SSSR count). The first-order chi connectivity index (χ1) is 9.11. The van der Waals surface area contributed by atoms with Crippen LogP contribution in [0.2, 0.25) is 5.02 Å². The van der Waals surface area contributed by atoms with Gasteiger partial charge in [0.1, 0.15) is 0 Å². The van der Waals surface area contributed by atoms with Gasteiger partial charge in [-0.1, -0.05) is 30.7 Å². The Kier molecular flexibility index (Phi) is 4.85. The van der Waals surface area contributed by atoms with Gasteiger partial charge in [0.15, 0.2) is 0 Å². The second-order valence-electron chi connectivity index (χ2n) is 5.60. The number of nitrogens with two attached hydrogens (primary N) is 1. The van der Waals surface area contributed by atoms with Gasteiger partial charge in [-0.15, -0.1) is 0 Å². The molecule has 0 amide bonds. The van der Waals surface area contributed by atoms with Crippen LogP contribution in [0.25, 0.3) is 0 Å². The molecule has 1 aliphatic rings. The lowest BCUT2D eigenvalue weighted by Crippen LogP contribution is -2.49. The lowest BCUT2D eigenvalue weighted by molar-refractivity contribution is -0.0761. The fraction of sp³-hybridized carbons (Fsp3) is 0.600. The van der Waals surface area contributed by atoms with Gasteiger partial charge in [-0.05, 0) is 49.3 Å². The standard InChI is InChI=1S/C15H23ClN2O/c1-11-7-9-15(19-2,10-8-11)14(18-17)12-3-5-13(16)6-4-12/h3-6,11,14,18H,7-10,17H2,1-2H3. The van der Waals surface area contributed by atoms with E-state index >= 15 is 0 Å². The Hall–Kier alpha value is -0.610. The SMILES string of the molecule is COC1(C(NN)c2ccc(Cl)cc2)CCC(C)CC1. The summed E-state index contributed by atoms with van der Waals surface area (Å²) in [7, 11) is 1.79. The summed E-state index contributed by atoms with van der Waals surface area (Å²) >= 11 is 5.95. The van der Waals surface area contributed by atoms with Crippen molar-refractivity contribution in [1.82, 2.24) is 5.43 Å². The smallest absolute Gasteiger partial charge is 0.0885 e.